The van der Waals surface area contributed by atoms with E-state index in [2.05, 4.69) is 11.4 Å². The van der Waals surface area contributed by atoms with Crippen molar-refractivity contribution in [2.45, 2.75) is 25.8 Å². The van der Waals surface area contributed by atoms with Gasteiger partial charge in [0.25, 0.3) is 0 Å². The minimum atomic E-state index is 0.174. The van der Waals surface area contributed by atoms with Crippen LogP contribution in [0.15, 0.2) is 36.1 Å². The van der Waals surface area contributed by atoms with Crippen LogP contribution in [0.3, 0.4) is 0 Å². The summed E-state index contributed by atoms with van der Waals surface area (Å²) in [5.41, 5.74) is 2.47. The summed E-state index contributed by atoms with van der Waals surface area (Å²) in [5, 5.41) is 3.36. The Bertz CT molecular complexity index is 415. The first kappa shape index (κ1) is 13.0. The lowest BCUT2D eigenvalue weighted by Crippen LogP contribution is -2.21. The van der Waals surface area contributed by atoms with Gasteiger partial charge < -0.3 is 14.8 Å². The van der Waals surface area contributed by atoms with E-state index in [1.54, 1.807) is 0 Å². The highest BCUT2D eigenvalue weighted by atomic mass is 16.5. The number of likely N-dealkylation sites (N-methyl/N-ethyl adjacent to an activating group) is 1. The minimum absolute atomic E-state index is 0.174. The number of benzene rings is 1. The highest BCUT2D eigenvalue weighted by molar-refractivity contribution is 5.40. The molecule has 1 aliphatic rings. The monoisotopic (exact) mass is 247 g/mol. The highest BCUT2D eigenvalue weighted by Crippen LogP contribution is 2.32. The molecular weight excluding hydrogens is 226 g/mol. The van der Waals surface area contributed by atoms with Gasteiger partial charge in [-0.05, 0) is 38.5 Å². The number of para-hydroxylation sites is 1. The first-order valence-corrected chi connectivity index (χ1v) is 6.56. The molecule has 0 saturated heterocycles. The Hall–Kier alpha value is -1.48. The molecule has 0 bridgehead atoms. The molecule has 1 aromatic rings. The van der Waals surface area contributed by atoms with Crippen molar-refractivity contribution in [3.8, 4) is 5.75 Å². The van der Waals surface area contributed by atoms with E-state index in [9.17, 15) is 0 Å². The average Bonchev–Trinajstić information content (AvgIpc) is 2.43. The van der Waals surface area contributed by atoms with Crippen molar-refractivity contribution in [1.82, 2.24) is 5.32 Å². The number of hydrogen-bond donors (Lipinski definition) is 1. The second-order valence-electron chi connectivity index (χ2n) is 4.36. The Kier molecular flexibility index (Phi) is 4.65. The molecule has 3 heteroatoms. The van der Waals surface area contributed by atoms with Gasteiger partial charge in [0.1, 0.15) is 5.75 Å². The van der Waals surface area contributed by atoms with E-state index in [-0.39, 0.29) is 6.04 Å². The van der Waals surface area contributed by atoms with Gasteiger partial charge in [0, 0.05) is 5.56 Å². The van der Waals surface area contributed by atoms with E-state index >= 15 is 0 Å². The molecule has 1 aliphatic heterocycles. The Morgan fingerprint density at radius 2 is 2.22 bits per heavy atom. The number of hydrogen-bond acceptors (Lipinski definition) is 3. The van der Waals surface area contributed by atoms with Crippen LogP contribution in [-0.2, 0) is 4.74 Å². The fraction of sp³-hybridized carbons (Fsp3) is 0.467. The van der Waals surface area contributed by atoms with Crippen molar-refractivity contribution in [3.05, 3.63) is 41.7 Å². The maximum Gasteiger partial charge on any atom is 0.124 e. The van der Waals surface area contributed by atoms with Crippen molar-refractivity contribution in [2.24, 2.45) is 0 Å². The molecule has 0 spiro atoms. The first-order valence-electron chi connectivity index (χ1n) is 6.56. The molecule has 1 heterocycles. The molecule has 3 nitrogen and oxygen atoms in total. The van der Waals surface area contributed by atoms with E-state index in [4.69, 9.17) is 9.47 Å². The van der Waals surface area contributed by atoms with Gasteiger partial charge in [-0.2, -0.15) is 0 Å². The van der Waals surface area contributed by atoms with Crippen molar-refractivity contribution in [3.63, 3.8) is 0 Å². The molecular formula is C15H21NO2. The van der Waals surface area contributed by atoms with E-state index in [1.807, 2.05) is 38.4 Å². The fourth-order valence-corrected chi connectivity index (χ4v) is 2.34. The number of ether oxygens (including phenoxy) is 2. The van der Waals surface area contributed by atoms with Crippen LogP contribution in [0.2, 0.25) is 0 Å². The topological polar surface area (TPSA) is 30.5 Å². The lowest BCUT2D eigenvalue weighted by Gasteiger charge is -2.24. The predicted octanol–water partition coefficient (Wildman–Crippen LogP) is 3.04. The molecule has 0 aromatic heterocycles. The molecule has 2 rings (SSSR count). The van der Waals surface area contributed by atoms with Crippen LogP contribution in [0, 0.1) is 0 Å². The highest BCUT2D eigenvalue weighted by Gasteiger charge is 2.20. The summed E-state index contributed by atoms with van der Waals surface area (Å²) in [6, 6.07) is 8.36. The Labute approximate surface area is 109 Å². The van der Waals surface area contributed by atoms with Gasteiger partial charge >= 0.3 is 0 Å². The van der Waals surface area contributed by atoms with Gasteiger partial charge in [-0.3, -0.25) is 0 Å². The Balaban J connectivity index is 2.29. The summed E-state index contributed by atoms with van der Waals surface area (Å²) in [6.45, 7) is 3.52. The summed E-state index contributed by atoms with van der Waals surface area (Å²) in [7, 11) is 1.98. The van der Waals surface area contributed by atoms with Crippen molar-refractivity contribution >= 4 is 0 Å². The molecule has 1 N–H and O–H groups in total. The molecule has 18 heavy (non-hydrogen) atoms. The quantitative estimate of drug-likeness (QED) is 0.867. The largest absolute Gasteiger partial charge is 0.501 e. The van der Waals surface area contributed by atoms with Crippen LogP contribution < -0.4 is 10.1 Å². The van der Waals surface area contributed by atoms with E-state index < -0.39 is 0 Å². The van der Waals surface area contributed by atoms with E-state index in [0.29, 0.717) is 6.61 Å². The van der Waals surface area contributed by atoms with Crippen LogP contribution in [0.5, 0.6) is 5.75 Å². The molecule has 0 fully saturated rings. The summed E-state index contributed by atoms with van der Waals surface area (Å²) < 4.78 is 11.1. The van der Waals surface area contributed by atoms with Crippen LogP contribution in [0.25, 0.3) is 0 Å². The first-order chi connectivity index (χ1) is 8.86. The van der Waals surface area contributed by atoms with Crippen LogP contribution in [0.1, 0.15) is 31.4 Å². The maximum absolute atomic E-state index is 5.70. The summed E-state index contributed by atoms with van der Waals surface area (Å²) >= 11 is 0. The fourth-order valence-electron chi connectivity index (χ4n) is 2.34. The number of nitrogens with one attached hydrogen (secondary N) is 1. The van der Waals surface area contributed by atoms with Gasteiger partial charge in [0.2, 0.25) is 0 Å². The zero-order valence-electron chi connectivity index (χ0n) is 11.1. The van der Waals surface area contributed by atoms with Gasteiger partial charge in [0.05, 0.1) is 25.5 Å². The van der Waals surface area contributed by atoms with Crippen molar-refractivity contribution in [1.29, 1.82) is 0 Å². The third-order valence-electron chi connectivity index (χ3n) is 3.15. The van der Waals surface area contributed by atoms with Gasteiger partial charge in [0.15, 0.2) is 0 Å². The Morgan fingerprint density at radius 1 is 1.39 bits per heavy atom. The lowest BCUT2D eigenvalue weighted by atomic mass is 9.95. The molecule has 0 saturated carbocycles. The normalized spacial score (nSPS) is 16.7. The molecule has 0 aliphatic carbocycles. The lowest BCUT2D eigenvalue weighted by molar-refractivity contribution is 0.219. The Morgan fingerprint density at radius 3 is 2.89 bits per heavy atom. The third-order valence-corrected chi connectivity index (χ3v) is 3.15. The smallest absolute Gasteiger partial charge is 0.124 e. The van der Waals surface area contributed by atoms with Crippen LogP contribution in [-0.4, -0.2) is 20.3 Å². The van der Waals surface area contributed by atoms with Gasteiger partial charge in [-0.15, -0.1) is 0 Å². The average molecular weight is 247 g/mol. The predicted molar refractivity (Wildman–Crippen MR) is 72.7 cm³/mol. The summed E-state index contributed by atoms with van der Waals surface area (Å²) in [4.78, 5) is 0. The molecule has 98 valence electrons. The number of rotatable bonds is 5. The van der Waals surface area contributed by atoms with Crippen molar-refractivity contribution < 1.29 is 9.47 Å². The van der Waals surface area contributed by atoms with Crippen LogP contribution >= 0.6 is 0 Å². The van der Waals surface area contributed by atoms with Gasteiger partial charge in [-0.1, -0.05) is 18.2 Å². The zero-order chi connectivity index (χ0) is 12.8. The summed E-state index contributed by atoms with van der Waals surface area (Å²) in [5.74, 6) is 0.950. The molecule has 1 unspecified atom stereocenters. The molecule has 0 radical (unpaired) electrons. The minimum Gasteiger partial charge on any atom is -0.501 e. The second-order valence-corrected chi connectivity index (χ2v) is 4.36. The standard InChI is InChI=1S/C15H21NO2/c1-3-18-14-9-5-4-8-13(14)15(16-2)12-7-6-10-17-11-12/h4-5,8-9,11,15-16H,3,6-7,10H2,1-2H3. The van der Waals surface area contributed by atoms with E-state index in [0.717, 1.165) is 25.2 Å². The zero-order valence-corrected chi connectivity index (χ0v) is 11.1. The molecule has 0 amide bonds. The summed E-state index contributed by atoms with van der Waals surface area (Å²) in [6.07, 6.45) is 4.06. The maximum atomic E-state index is 5.70. The third kappa shape index (κ3) is 2.85. The SMILES string of the molecule is CCOc1ccccc1C(NC)C1=COCCC1. The van der Waals surface area contributed by atoms with Crippen LogP contribution in [0.4, 0.5) is 0 Å². The van der Waals surface area contributed by atoms with Crippen molar-refractivity contribution in [2.75, 3.05) is 20.3 Å². The molecule has 1 aromatic carbocycles. The molecule has 1 atom stereocenters. The van der Waals surface area contributed by atoms with E-state index in [1.165, 1.54) is 11.1 Å². The van der Waals surface area contributed by atoms with Gasteiger partial charge in [-0.25, -0.2) is 0 Å². The second kappa shape index (κ2) is 6.45.